The summed E-state index contributed by atoms with van der Waals surface area (Å²) in [6.07, 6.45) is 21.0. The van der Waals surface area contributed by atoms with E-state index >= 15 is 0 Å². The minimum absolute atomic E-state index is 0.0533. The standard InChI is InChI=1S/C25H44O2/c1-3-5-7-8-9-19-11-15-23-20(17-19)12-13-21-18-22(14-16-24(21)23)27-25(26)10-6-4-2/h19-24H,3-18H2,1-2H3/t19-,20?,21?,22-,23?,24?/m0/s1. The summed E-state index contributed by atoms with van der Waals surface area (Å²) in [5.74, 6) is 4.86. The molecule has 0 aromatic carbocycles. The summed E-state index contributed by atoms with van der Waals surface area (Å²) in [5, 5.41) is 0. The quantitative estimate of drug-likeness (QED) is 0.312. The predicted molar refractivity (Wildman–Crippen MR) is 113 cm³/mol. The van der Waals surface area contributed by atoms with E-state index in [1.165, 1.54) is 70.6 Å². The number of hydrogen-bond acceptors (Lipinski definition) is 2. The molecule has 0 aliphatic heterocycles. The van der Waals surface area contributed by atoms with Crippen LogP contribution in [0, 0.1) is 29.6 Å². The lowest BCUT2D eigenvalue weighted by molar-refractivity contribution is -0.153. The fraction of sp³-hybridized carbons (Fsp3) is 0.960. The average Bonchev–Trinajstić information content (AvgIpc) is 2.69. The molecule has 0 amide bonds. The SMILES string of the molecule is CCCCCC[C@H]1CCC2C(CCC3C[C@@H](OC(=O)CCCC)CCC32)C1. The Labute approximate surface area is 168 Å². The highest BCUT2D eigenvalue weighted by Gasteiger charge is 2.44. The molecule has 0 aromatic rings. The number of esters is 1. The van der Waals surface area contributed by atoms with Crippen molar-refractivity contribution >= 4 is 5.97 Å². The molecule has 0 N–H and O–H groups in total. The molecule has 3 aliphatic carbocycles. The number of rotatable bonds is 9. The molecular weight excluding hydrogens is 332 g/mol. The Balaban J connectivity index is 1.42. The first-order chi connectivity index (χ1) is 13.2. The molecule has 2 heteroatoms. The van der Waals surface area contributed by atoms with Crippen molar-refractivity contribution in [1.29, 1.82) is 0 Å². The lowest BCUT2D eigenvalue weighted by Crippen LogP contribution is -2.43. The molecule has 0 spiro atoms. The van der Waals surface area contributed by atoms with Crippen LogP contribution in [0.15, 0.2) is 0 Å². The van der Waals surface area contributed by atoms with Crippen molar-refractivity contribution in [2.24, 2.45) is 29.6 Å². The van der Waals surface area contributed by atoms with Gasteiger partial charge in [0.25, 0.3) is 0 Å². The van der Waals surface area contributed by atoms with E-state index in [4.69, 9.17) is 4.74 Å². The number of carbonyl (C=O) groups excluding carboxylic acids is 1. The van der Waals surface area contributed by atoms with Gasteiger partial charge in [-0.15, -0.1) is 0 Å². The average molecular weight is 377 g/mol. The molecule has 156 valence electrons. The summed E-state index contributed by atoms with van der Waals surface area (Å²) in [6, 6.07) is 0. The summed E-state index contributed by atoms with van der Waals surface area (Å²) in [7, 11) is 0. The zero-order valence-electron chi connectivity index (χ0n) is 18.1. The minimum atomic E-state index is 0.0533. The lowest BCUT2D eigenvalue weighted by Gasteiger charge is -2.50. The highest BCUT2D eigenvalue weighted by atomic mass is 16.5. The third-order valence-electron chi connectivity index (χ3n) is 8.10. The molecule has 0 aromatic heterocycles. The fourth-order valence-electron chi connectivity index (χ4n) is 6.64. The number of hydrogen-bond donors (Lipinski definition) is 0. The van der Waals surface area contributed by atoms with Gasteiger partial charge < -0.3 is 4.74 Å². The van der Waals surface area contributed by atoms with E-state index < -0.39 is 0 Å². The molecule has 3 aliphatic rings. The smallest absolute Gasteiger partial charge is 0.306 e. The number of carbonyl (C=O) groups is 1. The molecule has 0 saturated heterocycles. The summed E-state index contributed by atoms with van der Waals surface area (Å²) in [6.45, 7) is 4.45. The summed E-state index contributed by atoms with van der Waals surface area (Å²) in [4.78, 5) is 12.0. The molecule has 6 atom stereocenters. The minimum Gasteiger partial charge on any atom is -0.462 e. The summed E-state index contributed by atoms with van der Waals surface area (Å²) in [5.41, 5.74) is 0. The van der Waals surface area contributed by atoms with Gasteiger partial charge in [-0.1, -0.05) is 58.8 Å². The van der Waals surface area contributed by atoms with Gasteiger partial charge in [0.2, 0.25) is 0 Å². The first-order valence-electron chi connectivity index (χ1n) is 12.4. The number of ether oxygens (including phenoxy) is 1. The third-order valence-corrected chi connectivity index (χ3v) is 8.10. The first kappa shape index (κ1) is 21.2. The van der Waals surface area contributed by atoms with E-state index in [1.54, 1.807) is 0 Å². The van der Waals surface area contributed by atoms with Crippen LogP contribution in [0.25, 0.3) is 0 Å². The first-order valence-corrected chi connectivity index (χ1v) is 12.4. The molecule has 0 bridgehead atoms. The maximum atomic E-state index is 12.0. The Morgan fingerprint density at radius 3 is 2.22 bits per heavy atom. The van der Waals surface area contributed by atoms with Crippen LogP contribution in [0.4, 0.5) is 0 Å². The molecule has 2 nitrogen and oxygen atoms in total. The second-order valence-corrected chi connectivity index (χ2v) is 9.98. The second kappa shape index (κ2) is 10.9. The van der Waals surface area contributed by atoms with Crippen molar-refractivity contribution < 1.29 is 9.53 Å². The third kappa shape index (κ3) is 5.97. The van der Waals surface area contributed by atoms with E-state index in [9.17, 15) is 4.79 Å². The van der Waals surface area contributed by atoms with E-state index in [2.05, 4.69) is 13.8 Å². The summed E-state index contributed by atoms with van der Waals surface area (Å²) < 4.78 is 5.82. The molecule has 4 unspecified atom stereocenters. The lowest BCUT2D eigenvalue weighted by atomic mass is 9.56. The van der Waals surface area contributed by atoms with Gasteiger partial charge in [0.15, 0.2) is 0 Å². The van der Waals surface area contributed by atoms with Crippen molar-refractivity contribution in [1.82, 2.24) is 0 Å². The Bertz CT molecular complexity index is 446. The van der Waals surface area contributed by atoms with Crippen LogP contribution in [-0.4, -0.2) is 12.1 Å². The van der Waals surface area contributed by atoms with Gasteiger partial charge in [0.1, 0.15) is 6.10 Å². The van der Waals surface area contributed by atoms with Crippen molar-refractivity contribution in [3.8, 4) is 0 Å². The largest absolute Gasteiger partial charge is 0.462 e. The zero-order chi connectivity index (χ0) is 19.1. The molecule has 0 heterocycles. The number of unbranched alkanes of at least 4 members (excludes halogenated alkanes) is 4. The van der Waals surface area contributed by atoms with Crippen LogP contribution in [0.1, 0.15) is 117 Å². The number of fused-ring (bicyclic) bond motifs is 3. The van der Waals surface area contributed by atoms with Crippen LogP contribution >= 0.6 is 0 Å². The van der Waals surface area contributed by atoms with Crippen LogP contribution in [0.3, 0.4) is 0 Å². The molecular formula is C25H44O2. The highest BCUT2D eigenvalue weighted by Crippen LogP contribution is 2.53. The van der Waals surface area contributed by atoms with Gasteiger partial charge in [-0.25, -0.2) is 0 Å². The highest BCUT2D eigenvalue weighted by molar-refractivity contribution is 5.69. The Kier molecular flexibility index (Phi) is 8.52. The van der Waals surface area contributed by atoms with E-state index in [-0.39, 0.29) is 12.1 Å². The van der Waals surface area contributed by atoms with Crippen molar-refractivity contribution in [2.45, 2.75) is 123 Å². The van der Waals surface area contributed by atoms with Gasteiger partial charge in [-0.2, -0.15) is 0 Å². The van der Waals surface area contributed by atoms with Crippen molar-refractivity contribution in [3.63, 3.8) is 0 Å². The molecule has 3 rings (SSSR count). The fourth-order valence-corrected chi connectivity index (χ4v) is 6.64. The summed E-state index contributed by atoms with van der Waals surface area (Å²) >= 11 is 0. The van der Waals surface area contributed by atoms with Crippen molar-refractivity contribution in [3.05, 3.63) is 0 Å². The Hall–Kier alpha value is -0.530. The molecule has 27 heavy (non-hydrogen) atoms. The topological polar surface area (TPSA) is 26.3 Å². The monoisotopic (exact) mass is 376 g/mol. The maximum absolute atomic E-state index is 12.0. The van der Waals surface area contributed by atoms with E-state index in [0.717, 1.165) is 55.3 Å². The Morgan fingerprint density at radius 1 is 0.778 bits per heavy atom. The zero-order valence-corrected chi connectivity index (χ0v) is 18.1. The van der Waals surface area contributed by atoms with Crippen LogP contribution < -0.4 is 0 Å². The van der Waals surface area contributed by atoms with Gasteiger partial charge in [-0.3, -0.25) is 4.79 Å². The van der Waals surface area contributed by atoms with E-state index in [0.29, 0.717) is 6.42 Å². The van der Waals surface area contributed by atoms with Crippen LogP contribution in [0.2, 0.25) is 0 Å². The molecule has 3 fully saturated rings. The van der Waals surface area contributed by atoms with Crippen LogP contribution in [-0.2, 0) is 9.53 Å². The van der Waals surface area contributed by atoms with Gasteiger partial charge in [0, 0.05) is 6.42 Å². The van der Waals surface area contributed by atoms with E-state index in [1.807, 2.05) is 0 Å². The van der Waals surface area contributed by atoms with Crippen molar-refractivity contribution in [2.75, 3.05) is 0 Å². The Morgan fingerprint density at radius 2 is 1.48 bits per heavy atom. The maximum Gasteiger partial charge on any atom is 0.306 e. The van der Waals surface area contributed by atoms with Gasteiger partial charge in [-0.05, 0) is 81.0 Å². The van der Waals surface area contributed by atoms with Gasteiger partial charge in [0.05, 0.1) is 0 Å². The van der Waals surface area contributed by atoms with Crippen LogP contribution in [0.5, 0.6) is 0 Å². The normalized spacial score (nSPS) is 35.9. The van der Waals surface area contributed by atoms with Gasteiger partial charge >= 0.3 is 5.97 Å². The molecule has 0 radical (unpaired) electrons. The predicted octanol–water partition coefficient (Wildman–Crippen LogP) is 7.30. The molecule has 3 saturated carbocycles. The second-order valence-electron chi connectivity index (χ2n) is 9.98.